The molecule has 2 unspecified atom stereocenters. The molecule has 1 aliphatic carbocycles. The Balaban J connectivity index is 1.84. The van der Waals surface area contributed by atoms with Crippen LogP contribution in [0.5, 0.6) is 5.75 Å². The number of rotatable bonds is 5. The van der Waals surface area contributed by atoms with E-state index in [-0.39, 0.29) is 25.1 Å². The first-order valence-electron chi connectivity index (χ1n) is 10.8. The van der Waals surface area contributed by atoms with Crippen molar-refractivity contribution in [1.82, 2.24) is 0 Å². The van der Waals surface area contributed by atoms with Crippen LogP contribution in [0.1, 0.15) is 34.3 Å². The number of hydrogen-bond acceptors (Lipinski definition) is 5. The molecule has 182 valence electrons. The molecule has 0 fully saturated rings. The largest absolute Gasteiger partial charge is 0.490 e. The summed E-state index contributed by atoms with van der Waals surface area (Å²) >= 11 is 0. The molecular formula is C24H25F3N2O4S. The van der Waals surface area contributed by atoms with Crippen LogP contribution in [0.3, 0.4) is 0 Å². The summed E-state index contributed by atoms with van der Waals surface area (Å²) in [6.07, 6.45) is -4.32. The quantitative estimate of drug-likeness (QED) is 0.617. The second-order valence-electron chi connectivity index (χ2n) is 8.70. The maximum Gasteiger partial charge on any atom is 0.405 e. The van der Waals surface area contributed by atoms with E-state index in [0.717, 1.165) is 11.6 Å². The molecule has 3 N–H and O–H groups in total. The van der Waals surface area contributed by atoms with Gasteiger partial charge in [0.25, 0.3) is 0 Å². The summed E-state index contributed by atoms with van der Waals surface area (Å²) in [6.45, 7) is 3.19. The van der Waals surface area contributed by atoms with E-state index in [1.54, 1.807) is 12.1 Å². The lowest BCUT2D eigenvalue weighted by Crippen LogP contribution is -2.58. The molecule has 3 atom stereocenters. The molecule has 6 nitrogen and oxygen atoms in total. The molecule has 1 spiro atoms. The minimum absolute atomic E-state index is 0.00178. The Bertz CT molecular complexity index is 1230. The molecule has 1 amide bonds. The first-order valence-corrected chi connectivity index (χ1v) is 12.4. The van der Waals surface area contributed by atoms with E-state index in [9.17, 15) is 26.4 Å². The number of primary amides is 1. The first-order chi connectivity index (χ1) is 16.0. The van der Waals surface area contributed by atoms with Crippen molar-refractivity contribution in [3.63, 3.8) is 0 Å². The summed E-state index contributed by atoms with van der Waals surface area (Å²) < 4.78 is 75.0. The Labute approximate surface area is 195 Å². The first kappa shape index (κ1) is 24.1. The Morgan fingerprint density at radius 2 is 2.03 bits per heavy atom. The molecule has 1 aliphatic heterocycles. The van der Waals surface area contributed by atoms with E-state index in [0.29, 0.717) is 23.4 Å². The highest BCUT2D eigenvalue weighted by atomic mass is 32.2. The van der Waals surface area contributed by atoms with Crippen LogP contribution in [-0.4, -0.2) is 44.2 Å². The van der Waals surface area contributed by atoms with Crippen molar-refractivity contribution in [3.05, 3.63) is 71.8 Å². The number of ether oxygens (including phenoxy) is 1. The van der Waals surface area contributed by atoms with Crippen LogP contribution in [-0.2, 0) is 21.7 Å². The summed E-state index contributed by atoms with van der Waals surface area (Å²) in [5.41, 5.74) is 6.24. The second kappa shape index (κ2) is 8.65. The van der Waals surface area contributed by atoms with Crippen LogP contribution in [0.15, 0.2) is 55.1 Å². The van der Waals surface area contributed by atoms with Gasteiger partial charge in [-0.25, -0.2) is 8.42 Å². The van der Waals surface area contributed by atoms with Gasteiger partial charge in [0.2, 0.25) is 5.91 Å². The SMILES string of the molecule is C=CC[C@@H](C(F)(F)F)S(=O)(=O)C1CCc2ccccc2C12CNc1cc(C(N)=O)ccc1OC2. The Morgan fingerprint density at radius 1 is 1.29 bits per heavy atom. The fourth-order valence-electron chi connectivity index (χ4n) is 5.08. The van der Waals surface area contributed by atoms with Gasteiger partial charge in [0.05, 0.1) is 16.4 Å². The monoisotopic (exact) mass is 494 g/mol. The molecule has 2 aromatic carbocycles. The summed E-state index contributed by atoms with van der Waals surface area (Å²) in [4.78, 5) is 11.6. The zero-order chi connectivity index (χ0) is 24.7. The Morgan fingerprint density at radius 3 is 2.71 bits per heavy atom. The van der Waals surface area contributed by atoms with E-state index in [1.165, 1.54) is 18.2 Å². The highest BCUT2D eigenvalue weighted by molar-refractivity contribution is 7.92. The number of nitrogens with two attached hydrogens (primary N) is 1. The average Bonchev–Trinajstić information content (AvgIpc) is 2.97. The van der Waals surface area contributed by atoms with Crippen LogP contribution >= 0.6 is 0 Å². The molecule has 34 heavy (non-hydrogen) atoms. The standard InChI is InChI=1S/C24H25F3N2O4S/c1-2-5-21(24(25,26)27)34(31,32)20-11-9-15-6-3-4-7-17(15)23(20)13-29-18-12-16(22(28)30)8-10-19(18)33-14-23/h2-4,6-8,10,12,20-21,29H,1,5,9,11,13-14H2,(H2,28,30)/t20?,21-,23?/m0/s1. The summed E-state index contributed by atoms with van der Waals surface area (Å²) in [6, 6.07) is 11.7. The topological polar surface area (TPSA) is 98.5 Å². The summed E-state index contributed by atoms with van der Waals surface area (Å²) in [5.74, 6) is -0.288. The van der Waals surface area contributed by atoms with Crippen molar-refractivity contribution in [1.29, 1.82) is 0 Å². The number of nitrogens with one attached hydrogen (secondary N) is 1. The molecule has 0 bridgehead atoms. The van der Waals surface area contributed by atoms with Crippen molar-refractivity contribution in [2.75, 3.05) is 18.5 Å². The lowest BCUT2D eigenvalue weighted by molar-refractivity contribution is -0.129. The fraction of sp³-hybridized carbons (Fsp3) is 0.375. The third-order valence-corrected chi connectivity index (χ3v) is 9.46. The lowest BCUT2D eigenvalue weighted by Gasteiger charge is -2.45. The predicted octanol–water partition coefficient (Wildman–Crippen LogP) is 3.76. The number of hydrogen-bond donors (Lipinski definition) is 2. The molecule has 0 saturated carbocycles. The molecule has 2 aromatic rings. The number of halogens is 3. The number of aryl methyl sites for hydroxylation is 1. The van der Waals surface area contributed by atoms with Gasteiger partial charge in [-0.05, 0) is 48.6 Å². The minimum atomic E-state index is -4.94. The van der Waals surface area contributed by atoms with E-state index in [4.69, 9.17) is 10.5 Å². The van der Waals surface area contributed by atoms with E-state index in [2.05, 4.69) is 11.9 Å². The highest BCUT2D eigenvalue weighted by Crippen LogP contribution is 2.47. The third kappa shape index (κ3) is 4.04. The van der Waals surface area contributed by atoms with Crippen LogP contribution in [0.4, 0.5) is 18.9 Å². The van der Waals surface area contributed by atoms with Crippen molar-refractivity contribution in [3.8, 4) is 5.75 Å². The average molecular weight is 495 g/mol. The molecule has 1 heterocycles. The number of amides is 1. The number of carbonyl (C=O) groups is 1. The normalized spacial score (nSPS) is 23.0. The van der Waals surface area contributed by atoms with Gasteiger partial charge in [0.1, 0.15) is 12.4 Å². The number of benzene rings is 2. The molecule has 2 aliphatic rings. The van der Waals surface area contributed by atoms with Crippen LogP contribution in [0, 0.1) is 0 Å². The zero-order valence-corrected chi connectivity index (χ0v) is 19.1. The fourth-order valence-corrected chi connectivity index (χ4v) is 7.61. The predicted molar refractivity (Wildman–Crippen MR) is 123 cm³/mol. The van der Waals surface area contributed by atoms with Gasteiger partial charge < -0.3 is 15.8 Å². The number of carbonyl (C=O) groups excluding carboxylic acids is 1. The van der Waals surface area contributed by atoms with Crippen LogP contribution in [0.25, 0.3) is 0 Å². The number of anilines is 1. The van der Waals surface area contributed by atoms with Crippen LogP contribution in [0.2, 0.25) is 0 Å². The molecule has 4 rings (SSSR count). The zero-order valence-electron chi connectivity index (χ0n) is 18.3. The van der Waals surface area contributed by atoms with Gasteiger partial charge in [-0.2, -0.15) is 13.2 Å². The van der Waals surface area contributed by atoms with Crippen molar-refractivity contribution >= 4 is 21.4 Å². The highest BCUT2D eigenvalue weighted by Gasteiger charge is 2.58. The summed E-state index contributed by atoms with van der Waals surface area (Å²) in [7, 11) is -4.71. The number of allylic oxidation sites excluding steroid dienone is 1. The summed E-state index contributed by atoms with van der Waals surface area (Å²) in [5, 5.41) is -0.772. The second-order valence-corrected chi connectivity index (χ2v) is 11.0. The maximum atomic E-state index is 13.9. The van der Waals surface area contributed by atoms with Gasteiger partial charge >= 0.3 is 6.18 Å². The van der Waals surface area contributed by atoms with Crippen molar-refractivity contribution < 1.29 is 31.1 Å². The number of sulfone groups is 1. The Kier molecular flexibility index (Phi) is 6.14. The van der Waals surface area contributed by atoms with Crippen molar-refractivity contribution in [2.24, 2.45) is 5.73 Å². The number of alkyl halides is 3. The molecule has 0 saturated heterocycles. The van der Waals surface area contributed by atoms with Crippen LogP contribution < -0.4 is 15.8 Å². The molecule has 0 radical (unpaired) electrons. The van der Waals surface area contributed by atoms with Gasteiger partial charge in [0, 0.05) is 12.1 Å². The molecule has 10 heteroatoms. The van der Waals surface area contributed by atoms with E-state index >= 15 is 0 Å². The van der Waals surface area contributed by atoms with Gasteiger partial charge in [-0.15, -0.1) is 6.58 Å². The third-order valence-electron chi connectivity index (χ3n) is 6.73. The van der Waals surface area contributed by atoms with Crippen molar-refractivity contribution in [2.45, 2.75) is 41.4 Å². The van der Waals surface area contributed by atoms with E-state index < -0.39 is 44.3 Å². The van der Waals surface area contributed by atoms with Gasteiger partial charge in [-0.3, -0.25) is 4.79 Å². The number of fused-ring (bicyclic) bond motifs is 3. The lowest BCUT2D eigenvalue weighted by atomic mass is 9.70. The molecular weight excluding hydrogens is 469 g/mol. The maximum absolute atomic E-state index is 13.9. The minimum Gasteiger partial charge on any atom is -0.490 e. The van der Waals surface area contributed by atoms with Gasteiger partial charge in [0.15, 0.2) is 15.1 Å². The molecule has 0 aromatic heterocycles. The van der Waals surface area contributed by atoms with Gasteiger partial charge in [-0.1, -0.05) is 30.3 Å². The Hall–Kier alpha value is -3.01. The van der Waals surface area contributed by atoms with E-state index in [1.807, 2.05) is 12.1 Å². The smallest absolute Gasteiger partial charge is 0.405 e.